The zero-order valence-electron chi connectivity index (χ0n) is 7.22. The van der Waals surface area contributed by atoms with Crippen molar-refractivity contribution in [3.8, 4) is 0 Å². The highest BCUT2D eigenvalue weighted by Crippen LogP contribution is 1.96. The second kappa shape index (κ2) is 3.69. The van der Waals surface area contributed by atoms with Gasteiger partial charge >= 0.3 is 0 Å². The van der Waals surface area contributed by atoms with E-state index in [1.807, 2.05) is 0 Å². The lowest BCUT2D eigenvalue weighted by molar-refractivity contribution is -0.123. The van der Waals surface area contributed by atoms with E-state index >= 15 is 0 Å². The van der Waals surface area contributed by atoms with Gasteiger partial charge in [0.05, 0.1) is 11.6 Å². The van der Waals surface area contributed by atoms with Gasteiger partial charge in [0.1, 0.15) is 0 Å². The highest BCUT2D eigenvalue weighted by molar-refractivity contribution is 5.80. The van der Waals surface area contributed by atoms with Crippen molar-refractivity contribution in [2.75, 3.05) is 6.54 Å². The Labute approximate surface area is 66.8 Å². The minimum Gasteiger partial charge on any atom is -0.389 e. The quantitative estimate of drug-likeness (QED) is 0.507. The minimum absolute atomic E-state index is 0.230. The van der Waals surface area contributed by atoms with Crippen molar-refractivity contribution in [2.24, 2.45) is 5.73 Å². The van der Waals surface area contributed by atoms with Gasteiger partial charge < -0.3 is 16.2 Å². The van der Waals surface area contributed by atoms with E-state index in [0.717, 1.165) is 0 Å². The minimum atomic E-state index is -0.870. The molecule has 0 aliphatic heterocycles. The first-order valence-corrected chi connectivity index (χ1v) is 3.58. The van der Waals surface area contributed by atoms with E-state index in [9.17, 15) is 9.90 Å². The summed E-state index contributed by atoms with van der Waals surface area (Å²) in [6.45, 7) is 5.07. The second-order valence-corrected chi connectivity index (χ2v) is 3.32. The molecule has 11 heavy (non-hydrogen) atoms. The van der Waals surface area contributed by atoms with Crippen LogP contribution in [0.4, 0.5) is 0 Å². The number of hydrogen-bond donors (Lipinski definition) is 3. The van der Waals surface area contributed by atoms with Gasteiger partial charge in [0, 0.05) is 6.54 Å². The summed E-state index contributed by atoms with van der Waals surface area (Å²) in [6.07, 6.45) is 0. The Morgan fingerprint density at radius 1 is 1.73 bits per heavy atom. The fourth-order valence-corrected chi connectivity index (χ4v) is 0.464. The lowest BCUT2D eigenvalue weighted by Crippen LogP contribution is -2.44. The molecule has 0 aromatic heterocycles. The predicted octanol–water partition coefficient (Wildman–Crippen LogP) is -0.779. The van der Waals surface area contributed by atoms with Crippen LogP contribution in [-0.4, -0.2) is 29.2 Å². The Kier molecular flexibility index (Phi) is 3.48. The molecule has 0 bridgehead atoms. The highest BCUT2D eigenvalue weighted by Gasteiger charge is 2.15. The Morgan fingerprint density at radius 3 is 2.45 bits per heavy atom. The Bertz CT molecular complexity index is 138. The summed E-state index contributed by atoms with van der Waals surface area (Å²) >= 11 is 0. The summed E-state index contributed by atoms with van der Waals surface area (Å²) in [5, 5.41) is 11.7. The molecule has 0 aromatic carbocycles. The monoisotopic (exact) mass is 160 g/mol. The standard InChI is InChI=1S/C7H16N2O2/c1-5(8)6(10)9-4-7(2,3)11/h5,11H,4,8H2,1-3H3,(H,9,10)/t5-/m1/s1. The maximum Gasteiger partial charge on any atom is 0.236 e. The van der Waals surface area contributed by atoms with Crippen LogP contribution in [0, 0.1) is 0 Å². The smallest absolute Gasteiger partial charge is 0.236 e. The van der Waals surface area contributed by atoms with E-state index in [1.165, 1.54) is 0 Å². The largest absolute Gasteiger partial charge is 0.389 e. The first-order valence-electron chi connectivity index (χ1n) is 3.58. The van der Waals surface area contributed by atoms with Crippen molar-refractivity contribution >= 4 is 5.91 Å². The molecule has 4 nitrogen and oxygen atoms in total. The van der Waals surface area contributed by atoms with Crippen LogP contribution in [0.1, 0.15) is 20.8 Å². The van der Waals surface area contributed by atoms with Gasteiger partial charge in [0.15, 0.2) is 0 Å². The average Bonchev–Trinajstić information content (AvgIpc) is 1.80. The van der Waals surface area contributed by atoms with E-state index in [1.54, 1.807) is 20.8 Å². The summed E-state index contributed by atoms with van der Waals surface area (Å²) in [5.41, 5.74) is 4.40. The molecule has 0 fully saturated rings. The van der Waals surface area contributed by atoms with Crippen LogP contribution in [0.25, 0.3) is 0 Å². The van der Waals surface area contributed by atoms with Crippen LogP contribution < -0.4 is 11.1 Å². The maximum absolute atomic E-state index is 10.8. The SMILES string of the molecule is C[C@@H](N)C(=O)NCC(C)(C)O. The van der Waals surface area contributed by atoms with Crippen LogP contribution in [0.15, 0.2) is 0 Å². The predicted molar refractivity (Wildman–Crippen MR) is 43.0 cm³/mol. The molecular formula is C7H16N2O2. The van der Waals surface area contributed by atoms with Gasteiger partial charge in [-0.2, -0.15) is 0 Å². The first-order chi connectivity index (χ1) is 4.83. The molecule has 0 rings (SSSR count). The molecule has 4 N–H and O–H groups in total. The lowest BCUT2D eigenvalue weighted by atomic mass is 10.1. The van der Waals surface area contributed by atoms with Gasteiger partial charge in [-0.1, -0.05) is 0 Å². The van der Waals surface area contributed by atoms with Crippen molar-refractivity contribution < 1.29 is 9.90 Å². The van der Waals surface area contributed by atoms with Gasteiger partial charge in [-0.05, 0) is 20.8 Å². The normalized spacial score (nSPS) is 14.3. The maximum atomic E-state index is 10.8. The molecule has 0 spiro atoms. The Balaban J connectivity index is 3.64. The molecule has 0 aromatic rings. The first kappa shape index (κ1) is 10.4. The van der Waals surface area contributed by atoms with E-state index in [2.05, 4.69) is 5.32 Å². The van der Waals surface area contributed by atoms with Gasteiger partial charge in [-0.25, -0.2) is 0 Å². The molecular weight excluding hydrogens is 144 g/mol. The summed E-state index contributed by atoms with van der Waals surface area (Å²) in [6, 6.07) is -0.516. The van der Waals surface area contributed by atoms with Crippen molar-refractivity contribution in [3.05, 3.63) is 0 Å². The number of rotatable bonds is 3. The lowest BCUT2D eigenvalue weighted by Gasteiger charge is -2.18. The van der Waals surface area contributed by atoms with Crippen LogP contribution in [-0.2, 0) is 4.79 Å². The summed E-state index contributed by atoms with van der Waals surface area (Å²) < 4.78 is 0. The third-order valence-corrected chi connectivity index (χ3v) is 1.11. The van der Waals surface area contributed by atoms with E-state index in [0.29, 0.717) is 0 Å². The molecule has 0 aliphatic rings. The number of hydrogen-bond acceptors (Lipinski definition) is 3. The molecule has 0 aliphatic carbocycles. The molecule has 1 atom stereocenters. The molecule has 0 saturated carbocycles. The number of carbonyl (C=O) groups excluding carboxylic acids is 1. The van der Waals surface area contributed by atoms with Crippen LogP contribution in [0.2, 0.25) is 0 Å². The summed E-state index contributed by atoms with van der Waals surface area (Å²) in [4.78, 5) is 10.8. The zero-order chi connectivity index (χ0) is 9.07. The fourth-order valence-electron chi connectivity index (χ4n) is 0.464. The molecule has 0 saturated heterocycles. The van der Waals surface area contributed by atoms with E-state index in [4.69, 9.17) is 5.73 Å². The highest BCUT2D eigenvalue weighted by atomic mass is 16.3. The topological polar surface area (TPSA) is 75.4 Å². The number of nitrogens with two attached hydrogens (primary N) is 1. The van der Waals surface area contributed by atoms with E-state index < -0.39 is 11.6 Å². The van der Waals surface area contributed by atoms with Gasteiger partial charge in [-0.3, -0.25) is 4.79 Å². The Morgan fingerprint density at radius 2 is 2.18 bits per heavy atom. The molecule has 1 amide bonds. The third-order valence-electron chi connectivity index (χ3n) is 1.11. The summed E-state index contributed by atoms with van der Waals surface area (Å²) in [7, 11) is 0. The van der Waals surface area contributed by atoms with Crippen LogP contribution in [0.5, 0.6) is 0 Å². The average molecular weight is 160 g/mol. The van der Waals surface area contributed by atoms with Gasteiger partial charge in [0.25, 0.3) is 0 Å². The van der Waals surface area contributed by atoms with Crippen molar-refractivity contribution in [2.45, 2.75) is 32.4 Å². The van der Waals surface area contributed by atoms with Crippen molar-refractivity contribution in [3.63, 3.8) is 0 Å². The zero-order valence-corrected chi connectivity index (χ0v) is 7.22. The number of nitrogens with one attached hydrogen (secondary N) is 1. The fraction of sp³-hybridized carbons (Fsp3) is 0.857. The molecule has 66 valence electrons. The molecule has 0 heterocycles. The van der Waals surface area contributed by atoms with Crippen molar-refractivity contribution in [1.82, 2.24) is 5.32 Å². The van der Waals surface area contributed by atoms with Crippen molar-refractivity contribution in [1.29, 1.82) is 0 Å². The van der Waals surface area contributed by atoms with Crippen LogP contribution in [0.3, 0.4) is 0 Å². The molecule has 0 radical (unpaired) electrons. The summed E-state index contributed by atoms with van der Waals surface area (Å²) in [5.74, 6) is -0.243. The number of aliphatic hydroxyl groups is 1. The van der Waals surface area contributed by atoms with Gasteiger partial charge in [0.2, 0.25) is 5.91 Å². The third kappa shape index (κ3) is 5.82. The van der Waals surface area contributed by atoms with Crippen LogP contribution >= 0.6 is 0 Å². The number of carbonyl (C=O) groups is 1. The molecule has 0 unspecified atom stereocenters. The van der Waals surface area contributed by atoms with E-state index in [-0.39, 0.29) is 12.5 Å². The van der Waals surface area contributed by atoms with Gasteiger partial charge in [-0.15, -0.1) is 0 Å². The second-order valence-electron chi connectivity index (χ2n) is 3.32. The number of amides is 1. The Hall–Kier alpha value is -0.610. The molecule has 4 heteroatoms.